The van der Waals surface area contributed by atoms with E-state index in [1.54, 1.807) is 24.3 Å². The van der Waals surface area contributed by atoms with Crippen LogP contribution in [0.15, 0.2) is 42.5 Å². The summed E-state index contributed by atoms with van der Waals surface area (Å²) in [4.78, 5) is 26.3. The number of esters is 1. The maximum Gasteiger partial charge on any atom is 0.331 e. The van der Waals surface area contributed by atoms with Crippen LogP contribution in [0.1, 0.15) is 42.0 Å². The van der Waals surface area contributed by atoms with Gasteiger partial charge in [-0.2, -0.15) is 0 Å². The summed E-state index contributed by atoms with van der Waals surface area (Å²) in [6.45, 7) is 7.69. The van der Waals surface area contributed by atoms with Crippen molar-refractivity contribution in [2.24, 2.45) is 0 Å². The number of benzene rings is 1. The minimum atomic E-state index is -0.873. The minimum Gasteiger partial charge on any atom is -0.449 e. The highest BCUT2D eigenvalue weighted by atomic mass is 32.1. The van der Waals surface area contributed by atoms with Crippen LogP contribution in [0.4, 0.5) is 5.69 Å². The number of ether oxygens (including phenoxy) is 1. The van der Waals surface area contributed by atoms with Crippen molar-refractivity contribution in [3.63, 3.8) is 0 Å². The van der Waals surface area contributed by atoms with Gasteiger partial charge in [0.2, 0.25) is 0 Å². The summed E-state index contributed by atoms with van der Waals surface area (Å²) in [7, 11) is 0. The summed E-state index contributed by atoms with van der Waals surface area (Å²) in [6.07, 6.45) is 2.16. The second kappa shape index (κ2) is 8.62. The van der Waals surface area contributed by atoms with Gasteiger partial charge in [-0.1, -0.05) is 32.0 Å². The third-order valence-electron chi connectivity index (χ3n) is 3.65. The number of hydrogen-bond donors (Lipinski definition) is 1. The van der Waals surface area contributed by atoms with Gasteiger partial charge >= 0.3 is 5.97 Å². The van der Waals surface area contributed by atoms with Crippen LogP contribution in [0, 0.1) is 6.92 Å². The lowest BCUT2D eigenvalue weighted by atomic mass is 10.0. The molecule has 1 N–H and O–H groups in total. The highest BCUT2D eigenvalue weighted by Crippen LogP contribution is 2.24. The second-order valence-corrected chi connectivity index (χ2v) is 7.41. The normalized spacial score (nSPS) is 12.4. The number of amides is 1. The summed E-state index contributed by atoms with van der Waals surface area (Å²) in [5.41, 5.74) is 1.79. The standard InChI is InChI=1S/C20H23NO3S/c1-13(2)17-7-5-6-8-18(17)21-20(23)15(4)24-19(22)12-11-16-10-9-14(3)25-16/h5-13,15H,1-4H3,(H,21,23)/b12-11+/t15-/m0/s1. The zero-order valence-electron chi connectivity index (χ0n) is 14.9. The van der Waals surface area contributed by atoms with E-state index in [0.29, 0.717) is 0 Å². The predicted molar refractivity (Wildman–Crippen MR) is 103 cm³/mol. The molecule has 1 heterocycles. The third-order valence-corrected chi connectivity index (χ3v) is 4.61. The van der Waals surface area contributed by atoms with Gasteiger partial charge in [-0.05, 0) is 49.6 Å². The van der Waals surface area contributed by atoms with E-state index in [0.717, 1.165) is 16.1 Å². The van der Waals surface area contributed by atoms with Gasteiger partial charge in [-0.25, -0.2) is 4.79 Å². The quantitative estimate of drug-likeness (QED) is 0.599. The first-order valence-electron chi connectivity index (χ1n) is 8.21. The van der Waals surface area contributed by atoms with E-state index >= 15 is 0 Å². The van der Waals surface area contributed by atoms with Crippen molar-refractivity contribution in [1.82, 2.24) is 0 Å². The SMILES string of the molecule is Cc1ccc(/C=C/C(=O)O[C@@H](C)C(=O)Nc2ccccc2C(C)C)s1. The van der Waals surface area contributed by atoms with Gasteiger partial charge < -0.3 is 10.1 Å². The molecule has 1 atom stereocenters. The monoisotopic (exact) mass is 357 g/mol. The van der Waals surface area contributed by atoms with Gasteiger partial charge in [0.1, 0.15) is 0 Å². The van der Waals surface area contributed by atoms with Crippen molar-refractivity contribution in [2.75, 3.05) is 5.32 Å². The number of para-hydroxylation sites is 1. The van der Waals surface area contributed by atoms with Crippen molar-refractivity contribution in [3.8, 4) is 0 Å². The average Bonchev–Trinajstić information content (AvgIpc) is 2.98. The largest absolute Gasteiger partial charge is 0.449 e. The number of rotatable bonds is 6. The Morgan fingerprint density at radius 2 is 1.84 bits per heavy atom. The summed E-state index contributed by atoms with van der Waals surface area (Å²) < 4.78 is 5.18. The zero-order chi connectivity index (χ0) is 18.4. The smallest absolute Gasteiger partial charge is 0.331 e. The van der Waals surface area contributed by atoms with E-state index < -0.39 is 12.1 Å². The molecule has 0 saturated heterocycles. The van der Waals surface area contributed by atoms with Gasteiger partial charge in [0.15, 0.2) is 6.10 Å². The number of nitrogens with one attached hydrogen (secondary N) is 1. The summed E-state index contributed by atoms with van der Waals surface area (Å²) in [5.74, 6) is -0.598. The van der Waals surface area contributed by atoms with Gasteiger partial charge in [-0.3, -0.25) is 4.79 Å². The molecular formula is C20H23NO3S. The van der Waals surface area contributed by atoms with Crippen LogP contribution in [-0.4, -0.2) is 18.0 Å². The summed E-state index contributed by atoms with van der Waals surface area (Å²) in [6, 6.07) is 11.5. The Bertz CT molecular complexity index is 777. The van der Waals surface area contributed by atoms with Crippen molar-refractivity contribution in [3.05, 3.63) is 57.8 Å². The Kier molecular flexibility index (Phi) is 6.53. The summed E-state index contributed by atoms with van der Waals surface area (Å²) >= 11 is 1.59. The Morgan fingerprint density at radius 1 is 1.12 bits per heavy atom. The van der Waals surface area contributed by atoms with E-state index in [9.17, 15) is 9.59 Å². The first-order chi connectivity index (χ1) is 11.9. The lowest BCUT2D eigenvalue weighted by molar-refractivity contribution is -0.148. The number of carbonyl (C=O) groups excluding carboxylic acids is 2. The fourth-order valence-electron chi connectivity index (χ4n) is 2.31. The molecule has 0 saturated carbocycles. The minimum absolute atomic E-state index is 0.284. The molecule has 1 amide bonds. The average molecular weight is 357 g/mol. The molecule has 1 aromatic heterocycles. The van der Waals surface area contributed by atoms with Gasteiger partial charge in [-0.15, -0.1) is 11.3 Å². The molecule has 0 unspecified atom stereocenters. The first-order valence-corrected chi connectivity index (χ1v) is 9.03. The molecule has 4 nitrogen and oxygen atoms in total. The van der Waals surface area contributed by atoms with Crippen molar-refractivity contribution in [1.29, 1.82) is 0 Å². The van der Waals surface area contributed by atoms with E-state index in [1.165, 1.54) is 11.0 Å². The van der Waals surface area contributed by atoms with Crippen LogP contribution in [0.2, 0.25) is 0 Å². The Balaban J connectivity index is 1.94. The van der Waals surface area contributed by atoms with Gasteiger partial charge in [0.05, 0.1) is 0 Å². The van der Waals surface area contributed by atoms with E-state index in [4.69, 9.17) is 4.74 Å². The maximum absolute atomic E-state index is 12.3. The first kappa shape index (κ1) is 18.9. The van der Waals surface area contributed by atoms with Crippen LogP contribution in [0.5, 0.6) is 0 Å². The number of carbonyl (C=O) groups is 2. The van der Waals surface area contributed by atoms with Crippen molar-refractivity contribution < 1.29 is 14.3 Å². The maximum atomic E-state index is 12.3. The molecule has 0 aliphatic rings. The van der Waals surface area contributed by atoms with Gasteiger partial charge in [0.25, 0.3) is 5.91 Å². The highest BCUT2D eigenvalue weighted by molar-refractivity contribution is 7.12. The fourth-order valence-corrected chi connectivity index (χ4v) is 3.09. The second-order valence-electron chi connectivity index (χ2n) is 6.09. The van der Waals surface area contributed by atoms with E-state index in [1.807, 2.05) is 43.3 Å². The van der Waals surface area contributed by atoms with Crippen LogP contribution in [-0.2, 0) is 14.3 Å². The molecule has 2 aromatic rings. The van der Waals surface area contributed by atoms with E-state index in [-0.39, 0.29) is 11.8 Å². The molecule has 0 fully saturated rings. The van der Waals surface area contributed by atoms with Crippen LogP contribution in [0.25, 0.3) is 6.08 Å². The number of anilines is 1. The molecule has 0 bridgehead atoms. The highest BCUT2D eigenvalue weighted by Gasteiger charge is 2.18. The molecule has 2 rings (SSSR count). The van der Waals surface area contributed by atoms with Crippen molar-refractivity contribution >= 4 is 35.0 Å². The van der Waals surface area contributed by atoms with Crippen molar-refractivity contribution in [2.45, 2.75) is 39.7 Å². The van der Waals surface area contributed by atoms with E-state index in [2.05, 4.69) is 19.2 Å². The lowest BCUT2D eigenvalue weighted by Crippen LogP contribution is -2.29. The summed E-state index contributed by atoms with van der Waals surface area (Å²) in [5, 5.41) is 2.84. The molecule has 1 aromatic carbocycles. The topological polar surface area (TPSA) is 55.4 Å². The third kappa shape index (κ3) is 5.57. The van der Waals surface area contributed by atoms with Crippen LogP contribution < -0.4 is 5.32 Å². The van der Waals surface area contributed by atoms with Crippen LogP contribution in [0.3, 0.4) is 0 Å². The molecule has 25 heavy (non-hydrogen) atoms. The molecule has 0 aliphatic carbocycles. The lowest BCUT2D eigenvalue weighted by Gasteiger charge is -2.16. The Morgan fingerprint density at radius 3 is 2.48 bits per heavy atom. The molecular weight excluding hydrogens is 334 g/mol. The van der Waals surface area contributed by atoms with Gasteiger partial charge in [0, 0.05) is 21.5 Å². The fraction of sp³-hybridized carbons (Fsp3) is 0.300. The molecule has 0 spiro atoms. The number of aryl methyl sites for hydroxylation is 1. The number of thiophene rings is 1. The predicted octanol–water partition coefficient (Wildman–Crippen LogP) is 4.76. The number of hydrogen-bond acceptors (Lipinski definition) is 4. The Labute approximate surface area is 152 Å². The van der Waals surface area contributed by atoms with Crippen LogP contribution >= 0.6 is 11.3 Å². The molecule has 5 heteroatoms. The Hall–Kier alpha value is -2.40. The molecule has 0 aliphatic heterocycles. The molecule has 0 radical (unpaired) electrons. The molecule has 132 valence electrons. The zero-order valence-corrected chi connectivity index (χ0v) is 15.7.